The highest BCUT2D eigenvalue weighted by Gasteiger charge is 2.39. The third-order valence-electron chi connectivity index (χ3n) is 7.74. The third-order valence-corrected chi connectivity index (χ3v) is 8.72. The van der Waals surface area contributed by atoms with Crippen LogP contribution in [0.15, 0.2) is 97.2 Å². The second kappa shape index (κ2) is 34.4. The van der Waals surface area contributed by atoms with Crippen molar-refractivity contribution in [3.63, 3.8) is 0 Å². The van der Waals surface area contributed by atoms with Crippen molar-refractivity contribution in [1.82, 2.24) is 0 Å². The summed E-state index contributed by atoms with van der Waals surface area (Å²) >= 11 is 0. The molecular formula is C42H66FO6P. The lowest BCUT2D eigenvalue weighted by Crippen LogP contribution is -2.18. The van der Waals surface area contributed by atoms with Gasteiger partial charge in [0.15, 0.2) is 0 Å². The molecule has 0 radical (unpaired) electrons. The van der Waals surface area contributed by atoms with Crippen LogP contribution in [0.4, 0.5) is 4.53 Å². The Balaban J connectivity index is 4.22. The third kappa shape index (κ3) is 29.9. The monoisotopic (exact) mass is 716 g/mol. The molecular weight excluding hydrogens is 650 g/mol. The van der Waals surface area contributed by atoms with Crippen molar-refractivity contribution in [3.8, 4) is 0 Å². The van der Waals surface area contributed by atoms with Gasteiger partial charge < -0.3 is 9.05 Å². The Labute approximate surface area is 303 Å². The molecule has 0 saturated heterocycles. The Morgan fingerprint density at radius 2 is 0.780 bits per heavy atom. The van der Waals surface area contributed by atoms with Gasteiger partial charge in [-0.3, -0.25) is 9.59 Å². The fourth-order valence-corrected chi connectivity index (χ4v) is 5.39. The summed E-state index contributed by atoms with van der Waals surface area (Å²) in [4.78, 5) is 24.8. The first-order chi connectivity index (χ1) is 24.3. The number of hydrogen-bond acceptors (Lipinski definition) is 6. The minimum absolute atomic E-state index is 0.388. The van der Waals surface area contributed by atoms with Crippen LogP contribution >= 0.6 is 7.82 Å². The molecule has 0 aliphatic carbocycles. The number of allylic oxidation sites excluding steroid dienone is 16. The van der Waals surface area contributed by atoms with Gasteiger partial charge in [0, 0.05) is 0 Å². The molecule has 0 heterocycles. The number of carbonyl (C=O) groups is 2. The SMILES string of the molecule is CCCCC/C=C\C/C=C\C/C=C\C/C=C\CCC(C)C(=O)OP(=O)(OF)OC(=O)C(C)CC/C=C\C/C=C\C/C=C\C/C=C\CCCCC. The van der Waals surface area contributed by atoms with Crippen LogP contribution in [0.1, 0.15) is 143 Å². The van der Waals surface area contributed by atoms with Crippen LogP contribution in [0.3, 0.4) is 0 Å². The molecule has 0 bridgehead atoms. The molecule has 8 heteroatoms. The summed E-state index contributed by atoms with van der Waals surface area (Å²) < 4.78 is 38.4. The minimum Gasteiger partial charge on any atom is -0.359 e. The molecule has 50 heavy (non-hydrogen) atoms. The van der Waals surface area contributed by atoms with Crippen molar-refractivity contribution < 1.29 is 32.5 Å². The van der Waals surface area contributed by atoms with Gasteiger partial charge in [0.2, 0.25) is 0 Å². The van der Waals surface area contributed by atoms with Crippen LogP contribution in [-0.4, -0.2) is 11.9 Å². The average Bonchev–Trinajstić information content (AvgIpc) is 3.10. The van der Waals surface area contributed by atoms with Crippen molar-refractivity contribution >= 4 is 19.8 Å². The summed E-state index contributed by atoms with van der Waals surface area (Å²) in [6.45, 7) is 7.57. The van der Waals surface area contributed by atoms with Gasteiger partial charge in [-0.25, -0.2) is 4.57 Å². The van der Waals surface area contributed by atoms with Gasteiger partial charge in [-0.1, -0.05) is 155 Å². The first-order valence-corrected chi connectivity index (χ1v) is 20.3. The topological polar surface area (TPSA) is 78.9 Å². The Morgan fingerprint density at radius 1 is 0.500 bits per heavy atom. The summed E-state index contributed by atoms with van der Waals surface area (Å²) in [5.74, 6) is -3.30. The molecule has 0 rings (SSSR count). The Hall–Kier alpha value is -3.02. The minimum atomic E-state index is -5.01. The molecule has 0 spiro atoms. The average molecular weight is 717 g/mol. The van der Waals surface area contributed by atoms with Crippen molar-refractivity contribution in [2.75, 3.05) is 0 Å². The van der Waals surface area contributed by atoms with Gasteiger partial charge in [0.1, 0.15) is 0 Å². The van der Waals surface area contributed by atoms with Crippen molar-refractivity contribution in [3.05, 3.63) is 97.2 Å². The van der Waals surface area contributed by atoms with Crippen LogP contribution in [0, 0.1) is 11.8 Å². The van der Waals surface area contributed by atoms with E-state index in [-0.39, 0.29) is 0 Å². The van der Waals surface area contributed by atoms with Crippen molar-refractivity contribution in [1.29, 1.82) is 0 Å². The van der Waals surface area contributed by atoms with Crippen LogP contribution in [0.2, 0.25) is 0 Å². The number of phosphoric ester groups is 1. The van der Waals surface area contributed by atoms with Gasteiger partial charge >= 0.3 is 19.8 Å². The summed E-state index contributed by atoms with van der Waals surface area (Å²) in [6, 6.07) is 0. The van der Waals surface area contributed by atoms with Gasteiger partial charge in [-0.15, -0.1) is 0 Å². The molecule has 0 aliphatic heterocycles. The number of phosphoric acid groups is 1. The summed E-state index contributed by atoms with van der Waals surface area (Å²) in [7, 11) is -5.01. The molecule has 0 aromatic carbocycles. The van der Waals surface area contributed by atoms with Crippen molar-refractivity contribution in [2.24, 2.45) is 11.8 Å². The van der Waals surface area contributed by atoms with Crippen LogP contribution in [0.5, 0.6) is 0 Å². The maximum absolute atomic E-state index is 13.1. The first-order valence-electron chi connectivity index (χ1n) is 18.9. The van der Waals surface area contributed by atoms with Crippen LogP contribution in [0.25, 0.3) is 0 Å². The second-order valence-electron chi connectivity index (χ2n) is 12.5. The van der Waals surface area contributed by atoms with Crippen molar-refractivity contribution in [2.45, 2.75) is 143 Å². The number of hydrogen-bond donors (Lipinski definition) is 0. The number of unbranched alkanes of at least 4 members (excludes halogenated alkanes) is 6. The van der Waals surface area contributed by atoms with Gasteiger partial charge in [0.05, 0.1) is 11.8 Å². The standard InChI is InChI=1S/C42H66FO6P/c1-5-7-9-11-13-15-17-19-21-23-25-27-29-31-33-35-37-39(3)41(44)47-50(46,49-43)48-42(45)40(4)38-36-34-32-30-28-26-24-22-20-18-16-14-12-10-8-6-2/h13-16,19-22,25-28,31-34,39-40H,5-12,17-18,23-24,29-30,35-38H2,1-4H3/b15-13-,16-14-,21-19-,22-20-,27-25-,28-26-,33-31-,34-32-. The molecule has 2 atom stereocenters. The molecule has 0 N–H and O–H groups in total. The fraction of sp³-hybridized carbons (Fsp3) is 0.571. The Bertz CT molecular complexity index is 1060. The summed E-state index contributed by atoms with van der Waals surface area (Å²) in [5, 5.41) is 0. The molecule has 0 amide bonds. The van der Waals surface area contributed by atoms with Crippen LogP contribution in [-0.2, 0) is 27.9 Å². The quantitative estimate of drug-likeness (QED) is 0.0404. The summed E-state index contributed by atoms with van der Waals surface area (Å²) in [5.41, 5.74) is 0. The Kier molecular flexibility index (Phi) is 32.4. The number of rotatable bonds is 31. The van der Waals surface area contributed by atoms with E-state index < -0.39 is 31.6 Å². The van der Waals surface area contributed by atoms with E-state index >= 15 is 0 Å². The zero-order valence-electron chi connectivity index (χ0n) is 31.4. The van der Waals surface area contributed by atoms with E-state index in [4.69, 9.17) is 0 Å². The lowest BCUT2D eigenvalue weighted by molar-refractivity contribution is -0.151. The zero-order valence-corrected chi connectivity index (χ0v) is 32.3. The van der Waals surface area contributed by atoms with Gasteiger partial charge in [-0.05, 0) is 94.4 Å². The van der Waals surface area contributed by atoms with E-state index in [0.717, 1.165) is 51.4 Å². The predicted molar refractivity (Wildman–Crippen MR) is 208 cm³/mol. The lowest BCUT2D eigenvalue weighted by Gasteiger charge is -2.17. The second-order valence-corrected chi connectivity index (χ2v) is 13.9. The van der Waals surface area contributed by atoms with E-state index in [2.05, 4.69) is 101 Å². The predicted octanol–water partition coefficient (Wildman–Crippen LogP) is 13.9. The molecule has 282 valence electrons. The molecule has 0 aromatic heterocycles. The summed E-state index contributed by atoms with van der Waals surface area (Å²) in [6.07, 6.45) is 50.9. The molecule has 0 aliphatic rings. The zero-order chi connectivity index (χ0) is 37.0. The van der Waals surface area contributed by atoms with E-state index in [9.17, 15) is 18.7 Å². The molecule has 0 fully saturated rings. The largest absolute Gasteiger partial charge is 0.624 e. The van der Waals surface area contributed by atoms with E-state index in [0.29, 0.717) is 25.7 Å². The smallest absolute Gasteiger partial charge is 0.359 e. The fourth-order valence-electron chi connectivity index (χ4n) is 4.50. The van der Waals surface area contributed by atoms with E-state index in [1.165, 1.54) is 38.5 Å². The Morgan fingerprint density at radius 3 is 1.06 bits per heavy atom. The highest BCUT2D eigenvalue weighted by Crippen LogP contribution is 2.51. The van der Waals surface area contributed by atoms with Gasteiger partial charge in [-0.2, -0.15) is 0 Å². The maximum Gasteiger partial charge on any atom is 0.624 e. The highest BCUT2D eigenvalue weighted by atomic mass is 31.2. The molecule has 0 saturated carbocycles. The van der Waals surface area contributed by atoms with E-state index in [1.807, 2.05) is 24.3 Å². The highest BCUT2D eigenvalue weighted by molar-refractivity contribution is 7.49. The first kappa shape index (κ1) is 47.0. The van der Waals surface area contributed by atoms with Gasteiger partial charge in [0.25, 0.3) is 0 Å². The number of halogens is 1. The van der Waals surface area contributed by atoms with E-state index in [1.54, 1.807) is 13.8 Å². The lowest BCUT2D eigenvalue weighted by atomic mass is 10.1. The molecule has 0 aromatic rings. The molecule has 6 nitrogen and oxygen atoms in total. The maximum atomic E-state index is 13.1. The normalized spacial score (nSPS) is 15.2. The molecule has 2 unspecified atom stereocenters. The van der Waals surface area contributed by atoms with Crippen LogP contribution < -0.4 is 0 Å². The number of carbonyl (C=O) groups excluding carboxylic acids is 2.